The van der Waals surface area contributed by atoms with Crippen LogP contribution in [0.15, 0.2) is 24.3 Å². The van der Waals surface area contributed by atoms with Crippen LogP contribution in [0.3, 0.4) is 0 Å². The second kappa shape index (κ2) is 4.98. The highest BCUT2D eigenvalue weighted by Crippen LogP contribution is 2.29. The Morgan fingerprint density at radius 1 is 1.31 bits per heavy atom. The first kappa shape index (κ1) is 13.2. The summed E-state index contributed by atoms with van der Waals surface area (Å²) in [5.74, 6) is 0. The molecule has 16 heavy (non-hydrogen) atoms. The molecule has 0 radical (unpaired) electrons. The van der Waals surface area contributed by atoms with Crippen LogP contribution in [0.1, 0.15) is 38.0 Å². The molecule has 0 aromatic heterocycles. The molecule has 0 heterocycles. The molecule has 1 aromatic carbocycles. The number of aryl methyl sites for hydroxylation is 1. The summed E-state index contributed by atoms with van der Waals surface area (Å²) in [4.78, 5) is 2.05. The zero-order valence-electron chi connectivity index (χ0n) is 11.0. The summed E-state index contributed by atoms with van der Waals surface area (Å²) in [6.45, 7) is 6.23. The number of aliphatic hydroxyl groups excluding tert-OH is 1. The van der Waals surface area contributed by atoms with Crippen LogP contribution in [0, 0.1) is 0 Å². The summed E-state index contributed by atoms with van der Waals surface area (Å²) >= 11 is 0. The highest BCUT2D eigenvalue weighted by molar-refractivity contribution is 5.27. The minimum Gasteiger partial charge on any atom is -0.386 e. The Balaban J connectivity index is 2.99. The average molecular weight is 221 g/mol. The van der Waals surface area contributed by atoms with Gasteiger partial charge in [0.15, 0.2) is 0 Å². The Hall–Kier alpha value is -0.860. The molecule has 0 aliphatic heterocycles. The van der Waals surface area contributed by atoms with Crippen molar-refractivity contribution < 1.29 is 5.11 Å². The standard InChI is InChI=1S/C14H23NO/c1-6-11-8-7-9-12(10-11)13(16)14(2,3)15(4)5/h7-10,13,16H,6H2,1-5H3. The van der Waals surface area contributed by atoms with Crippen molar-refractivity contribution in [1.29, 1.82) is 0 Å². The normalized spacial score (nSPS) is 14.2. The van der Waals surface area contributed by atoms with Crippen molar-refractivity contribution in [3.05, 3.63) is 35.4 Å². The van der Waals surface area contributed by atoms with Gasteiger partial charge in [-0.1, -0.05) is 31.2 Å². The van der Waals surface area contributed by atoms with E-state index < -0.39 is 6.10 Å². The van der Waals surface area contributed by atoms with Crippen molar-refractivity contribution in [2.75, 3.05) is 14.1 Å². The molecule has 0 spiro atoms. The predicted molar refractivity (Wildman–Crippen MR) is 68.5 cm³/mol. The monoisotopic (exact) mass is 221 g/mol. The van der Waals surface area contributed by atoms with Crippen LogP contribution in [0.5, 0.6) is 0 Å². The van der Waals surface area contributed by atoms with Crippen LogP contribution >= 0.6 is 0 Å². The lowest BCUT2D eigenvalue weighted by Gasteiger charge is -2.37. The summed E-state index contributed by atoms with van der Waals surface area (Å²) in [7, 11) is 3.99. The maximum Gasteiger partial charge on any atom is 0.0968 e. The Kier molecular flexibility index (Phi) is 4.11. The first-order chi connectivity index (χ1) is 7.39. The zero-order valence-corrected chi connectivity index (χ0v) is 11.0. The first-order valence-corrected chi connectivity index (χ1v) is 5.84. The Labute approximate surface area is 98.9 Å². The van der Waals surface area contributed by atoms with Crippen molar-refractivity contribution in [3.8, 4) is 0 Å². The van der Waals surface area contributed by atoms with Crippen molar-refractivity contribution in [1.82, 2.24) is 4.90 Å². The molecule has 0 saturated carbocycles. The van der Waals surface area contributed by atoms with Gasteiger partial charge in [-0.15, -0.1) is 0 Å². The fourth-order valence-corrected chi connectivity index (χ4v) is 1.64. The lowest BCUT2D eigenvalue weighted by atomic mass is 9.89. The molecule has 2 nitrogen and oxygen atoms in total. The van der Waals surface area contributed by atoms with Gasteiger partial charge in [0.1, 0.15) is 0 Å². The molecule has 0 amide bonds. The highest BCUT2D eigenvalue weighted by atomic mass is 16.3. The van der Waals surface area contributed by atoms with Gasteiger partial charge in [0, 0.05) is 5.54 Å². The lowest BCUT2D eigenvalue weighted by molar-refractivity contribution is 0.0164. The number of hydrogen-bond donors (Lipinski definition) is 1. The Morgan fingerprint density at radius 2 is 1.94 bits per heavy atom. The van der Waals surface area contributed by atoms with E-state index >= 15 is 0 Å². The fourth-order valence-electron chi connectivity index (χ4n) is 1.64. The third-order valence-electron chi connectivity index (χ3n) is 3.50. The number of aliphatic hydroxyl groups is 1. The first-order valence-electron chi connectivity index (χ1n) is 5.84. The van der Waals surface area contributed by atoms with Gasteiger partial charge < -0.3 is 10.0 Å². The molecule has 0 aliphatic carbocycles. The summed E-state index contributed by atoms with van der Waals surface area (Å²) < 4.78 is 0. The number of nitrogens with zero attached hydrogens (tertiary/aromatic N) is 1. The highest BCUT2D eigenvalue weighted by Gasteiger charge is 2.31. The molecular weight excluding hydrogens is 198 g/mol. The van der Waals surface area contributed by atoms with E-state index in [2.05, 4.69) is 37.8 Å². The molecule has 2 heteroatoms. The summed E-state index contributed by atoms with van der Waals surface area (Å²) in [6.07, 6.45) is 0.539. The Morgan fingerprint density at radius 3 is 2.44 bits per heavy atom. The van der Waals surface area contributed by atoms with Gasteiger partial charge in [0.2, 0.25) is 0 Å². The largest absolute Gasteiger partial charge is 0.386 e. The van der Waals surface area contributed by atoms with Crippen molar-refractivity contribution in [2.24, 2.45) is 0 Å². The second-order valence-electron chi connectivity index (χ2n) is 5.05. The van der Waals surface area contributed by atoms with Crippen LogP contribution in [-0.2, 0) is 6.42 Å². The Bertz CT molecular complexity index is 344. The van der Waals surface area contributed by atoms with Crippen molar-refractivity contribution in [2.45, 2.75) is 38.8 Å². The zero-order chi connectivity index (χ0) is 12.3. The van der Waals surface area contributed by atoms with Gasteiger partial charge in [0.05, 0.1) is 6.10 Å². The van der Waals surface area contributed by atoms with E-state index in [1.807, 2.05) is 26.2 Å². The van der Waals surface area contributed by atoms with E-state index in [1.54, 1.807) is 0 Å². The molecule has 1 aromatic rings. The van der Waals surface area contributed by atoms with E-state index in [1.165, 1.54) is 5.56 Å². The molecule has 0 fully saturated rings. The van der Waals surface area contributed by atoms with Gasteiger partial charge in [-0.25, -0.2) is 0 Å². The van der Waals surface area contributed by atoms with Crippen LogP contribution in [0.2, 0.25) is 0 Å². The molecule has 1 unspecified atom stereocenters. The van der Waals surface area contributed by atoms with E-state index in [0.29, 0.717) is 0 Å². The molecule has 0 aliphatic rings. The van der Waals surface area contributed by atoms with Crippen LogP contribution < -0.4 is 0 Å². The quantitative estimate of drug-likeness (QED) is 0.845. The topological polar surface area (TPSA) is 23.5 Å². The minimum atomic E-state index is -0.464. The summed E-state index contributed by atoms with van der Waals surface area (Å²) in [6, 6.07) is 8.20. The summed E-state index contributed by atoms with van der Waals surface area (Å²) in [5.41, 5.74) is 2.01. The van der Waals surface area contributed by atoms with Crippen molar-refractivity contribution >= 4 is 0 Å². The van der Waals surface area contributed by atoms with E-state index in [0.717, 1.165) is 12.0 Å². The molecule has 1 rings (SSSR count). The smallest absolute Gasteiger partial charge is 0.0968 e. The van der Waals surface area contributed by atoms with Crippen LogP contribution in [0.4, 0.5) is 0 Å². The molecule has 90 valence electrons. The van der Waals surface area contributed by atoms with E-state index in [9.17, 15) is 5.11 Å². The maximum absolute atomic E-state index is 10.4. The molecule has 1 N–H and O–H groups in total. The third kappa shape index (κ3) is 2.63. The van der Waals surface area contributed by atoms with Gasteiger partial charge in [-0.05, 0) is 45.5 Å². The SMILES string of the molecule is CCc1cccc(C(O)C(C)(C)N(C)C)c1. The number of benzene rings is 1. The van der Waals surface area contributed by atoms with Crippen LogP contribution in [0.25, 0.3) is 0 Å². The lowest BCUT2D eigenvalue weighted by Crippen LogP contribution is -2.43. The molecule has 1 atom stereocenters. The van der Waals surface area contributed by atoms with E-state index in [4.69, 9.17) is 0 Å². The average Bonchev–Trinajstić information content (AvgIpc) is 2.27. The number of likely N-dealkylation sites (N-methyl/N-ethyl adjacent to an activating group) is 1. The predicted octanol–water partition coefficient (Wildman–Crippen LogP) is 2.62. The fraction of sp³-hybridized carbons (Fsp3) is 0.571. The van der Waals surface area contributed by atoms with Gasteiger partial charge >= 0.3 is 0 Å². The van der Waals surface area contributed by atoms with Crippen molar-refractivity contribution in [3.63, 3.8) is 0 Å². The number of rotatable bonds is 4. The minimum absolute atomic E-state index is 0.258. The molecule has 0 saturated heterocycles. The van der Waals surface area contributed by atoms with Gasteiger partial charge in [0.25, 0.3) is 0 Å². The summed E-state index contributed by atoms with van der Waals surface area (Å²) in [5, 5.41) is 10.4. The van der Waals surface area contributed by atoms with Crippen LogP contribution in [-0.4, -0.2) is 29.6 Å². The van der Waals surface area contributed by atoms with E-state index in [-0.39, 0.29) is 5.54 Å². The number of hydrogen-bond acceptors (Lipinski definition) is 2. The molecular formula is C14H23NO. The molecule has 0 bridgehead atoms. The second-order valence-corrected chi connectivity index (χ2v) is 5.05. The van der Waals surface area contributed by atoms with Gasteiger partial charge in [-0.2, -0.15) is 0 Å². The van der Waals surface area contributed by atoms with Gasteiger partial charge in [-0.3, -0.25) is 0 Å². The maximum atomic E-state index is 10.4. The third-order valence-corrected chi connectivity index (χ3v) is 3.50.